The van der Waals surface area contributed by atoms with E-state index in [4.69, 9.17) is 0 Å². The summed E-state index contributed by atoms with van der Waals surface area (Å²) in [6.07, 6.45) is 2.77. The number of alkyl halides is 2. The SMILES string of the molecule is Cc1cc(C)c(NC(=O)CNC(=O)/C=C/c2ccc(OC(F)F)cc2)c(C)c1. The number of carbonyl (C=O) groups excluding carboxylic acids is 2. The maximum Gasteiger partial charge on any atom is 0.387 e. The lowest BCUT2D eigenvalue weighted by molar-refractivity contribution is -0.121. The molecule has 0 heterocycles. The van der Waals surface area contributed by atoms with Crippen LogP contribution in [0.4, 0.5) is 14.5 Å². The number of benzene rings is 2. The van der Waals surface area contributed by atoms with Crippen molar-refractivity contribution in [1.82, 2.24) is 5.32 Å². The molecule has 148 valence electrons. The molecular formula is C21H22F2N2O3. The summed E-state index contributed by atoms with van der Waals surface area (Å²) in [6.45, 7) is 2.75. The first-order chi connectivity index (χ1) is 13.2. The first-order valence-corrected chi connectivity index (χ1v) is 8.63. The molecule has 2 aromatic rings. The molecule has 2 N–H and O–H groups in total. The van der Waals surface area contributed by atoms with Crippen LogP contribution in [0.5, 0.6) is 5.75 Å². The smallest absolute Gasteiger partial charge is 0.387 e. The summed E-state index contributed by atoms with van der Waals surface area (Å²) in [4.78, 5) is 23.9. The van der Waals surface area contributed by atoms with Crippen LogP contribution in [0.15, 0.2) is 42.5 Å². The zero-order valence-corrected chi connectivity index (χ0v) is 15.9. The molecule has 0 aliphatic rings. The minimum absolute atomic E-state index is 0.0370. The average Bonchev–Trinajstić information content (AvgIpc) is 2.62. The second-order valence-electron chi connectivity index (χ2n) is 6.32. The molecule has 2 rings (SSSR count). The van der Waals surface area contributed by atoms with E-state index in [-0.39, 0.29) is 18.2 Å². The summed E-state index contributed by atoms with van der Waals surface area (Å²) in [5.74, 6) is -0.735. The number of hydrogen-bond donors (Lipinski definition) is 2. The number of amides is 2. The van der Waals surface area contributed by atoms with Crippen molar-refractivity contribution in [3.63, 3.8) is 0 Å². The van der Waals surface area contributed by atoms with Crippen molar-refractivity contribution < 1.29 is 23.1 Å². The predicted octanol–water partition coefficient (Wildman–Crippen LogP) is 3.98. The van der Waals surface area contributed by atoms with Crippen LogP contribution in [0.2, 0.25) is 0 Å². The van der Waals surface area contributed by atoms with E-state index in [1.54, 1.807) is 0 Å². The Morgan fingerprint density at radius 2 is 1.68 bits per heavy atom. The Balaban J connectivity index is 1.85. The Morgan fingerprint density at radius 1 is 1.07 bits per heavy atom. The second-order valence-corrected chi connectivity index (χ2v) is 6.32. The van der Waals surface area contributed by atoms with Crippen LogP contribution >= 0.6 is 0 Å². The molecule has 0 fully saturated rings. The maximum atomic E-state index is 12.1. The van der Waals surface area contributed by atoms with Gasteiger partial charge in [-0.15, -0.1) is 0 Å². The molecular weight excluding hydrogens is 366 g/mol. The van der Waals surface area contributed by atoms with Gasteiger partial charge in [-0.1, -0.05) is 29.8 Å². The number of anilines is 1. The van der Waals surface area contributed by atoms with Gasteiger partial charge in [0.2, 0.25) is 11.8 Å². The highest BCUT2D eigenvalue weighted by Gasteiger charge is 2.09. The van der Waals surface area contributed by atoms with Crippen LogP contribution in [-0.4, -0.2) is 25.0 Å². The first-order valence-electron chi connectivity index (χ1n) is 8.63. The summed E-state index contributed by atoms with van der Waals surface area (Å²) < 4.78 is 28.5. The van der Waals surface area contributed by atoms with E-state index in [0.29, 0.717) is 5.56 Å². The highest BCUT2D eigenvalue weighted by atomic mass is 19.3. The largest absolute Gasteiger partial charge is 0.435 e. The van der Waals surface area contributed by atoms with E-state index in [1.807, 2.05) is 32.9 Å². The fraction of sp³-hybridized carbons (Fsp3) is 0.238. The molecule has 0 aromatic heterocycles. The van der Waals surface area contributed by atoms with Crippen molar-refractivity contribution in [3.05, 3.63) is 64.7 Å². The standard InChI is InChI=1S/C21H22F2N2O3/c1-13-10-14(2)20(15(3)11-13)25-19(27)12-24-18(26)9-6-16-4-7-17(8-5-16)28-21(22)23/h4-11,21H,12H2,1-3H3,(H,24,26)(H,25,27)/b9-6+. The molecule has 0 unspecified atom stereocenters. The third-order valence-corrected chi connectivity index (χ3v) is 3.90. The molecule has 0 bridgehead atoms. The molecule has 0 spiro atoms. The van der Waals surface area contributed by atoms with E-state index in [0.717, 1.165) is 22.4 Å². The average molecular weight is 388 g/mol. The van der Waals surface area contributed by atoms with Gasteiger partial charge in [0.15, 0.2) is 0 Å². The Kier molecular flexibility index (Phi) is 7.26. The molecule has 0 aliphatic carbocycles. The highest BCUT2D eigenvalue weighted by molar-refractivity contribution is 5.98. The van der Waals surface area contributed by atoms with Crippen molar-refractivity contribution in [3.8, 4) is 5.75 Å². The number of aryl methyl sites for hydroxylation is 3. The van der Waals surface area contributed by atoms with Crippen molar-refractivity contribution >= 4 is 23.6 Å². The fourth-order valence-corrected chi connectivity index (χ4v) is 2.72. The third-order valence-electron chi connectivity index (χ3n) is 3.90. The van der Waals surface area contributed by atoms with Crippen molar-refractivity contribution in [2.24, 2.45) is 0 Å². The Morgan fingerprint density at radius 3 is 2.25 bits per heavy atom. The fourth-order valence-electron chi connectivity index (χ4n) is 2.72. The summed E-state index contributed by atoms with van der Waals surface area (Å²) >= 11 is 0. The zero-order chi connectivity index (χ0) is 20.7. The normalized spacial score (nSPS) is 10.9. The first kappa shape index (κ1) is 21.1. The van der Waals surface area contributed by atoms with Crippen LogP contribution in [0, 0.1) is 20.8 Å². The van der Waals surface area contributed by atoms with E-state index < -0.39 is 12.5 Å². The van der Waals surface area contributed by atoms with E-state index >= 15 is 0 Å². The van der Waals surface area contributed by atoms with Crippen molar-refractivity contribution in [2.75, 3.05) is 11.9 Å². The summed E-state index contributed by atoms with van der Waals surface area (Å²) in [7, 11) is 0. The second kappa shape index (κ2) is 9.64. The molecule has 0 aliphatic heterocycles. The molecule has 2 amide bonds. The number of halogens is 2. The summed E-state index contributed by atoms with van der Waals surface area (Å²) in [6, 6.07) is 9.78. The zero-order valence-electron chi connectivity index (χ0n) is 15.9. The van der Waals surface area contributed by atoms with Gasteiger partial charge in [0, 0.05) is 11.8 Å². The molecule has 7 heteroatoms. The van der Waals surface area contributed by atoms with Crippen LogP contribution < -0.4 is 15.4 Å². The lowest BCUT2D eigenvalue weighted by Gasteiger charge is -2.13. The van der Waals surface area contributed by atoms with Gasteiger partial charge in [0.1, 0.15) is 5.75 Å². The topological polar surface area (TPSA) is 67.4 Å². The van der Waals surface area contributed by atoms with E-state index in [1.165, 1.54) is 36.4 Å². The van der Waals surface area contributed by atoms with E-state index in [9.17, 15) is 18.4 Å². The van der Waals surface area contributed by atoms with Crippen LogP contribution in [0.25, 0.3) is 6.08 Å². The Bertz CT molecular complexity index is 855. The number of ether oxygens (including phenoxy) is 1. The van der Waals surface area contributed by atoms with Crippen molar-refractivity contribution in [2.45, 2.75) is 27.4 Å². The number of carbonyl (C=O) groups is 2. The minimum Gasteiger partial charge on any atom is -0.435 e. The van der Waals surface area contributed by atoms with Gasteiger partial charge in [-0.3, -0.25) is 9.59 Å². The Hall–Kier alpha value is -3.22. The highest BCUT2D eigenvalue weighted by Crippen LogP contribution is 2.21. The monoisotopic (exact) mass is 388 g/mol. The summed E-state index contributed by atoms with van der Waals surface area (Å²) in [5, 5.41) is 5.30. The lowest BCUT2D eigenvalue weighted by atomic mass is 10.1. The maximum absolute atomic E-state index is 12.1. The van der Waals surface area contributed by atoms with Crippen LogP contribution in [0.1, 0.15) is 22.3 Å². The molecule has 0 saturated carbocycles. The predicted molar refractivity (Wildman–Crippen MR) is 104 cm³/mol. The molecule has 5 nitrogen and oxygen atoms in total. The van der Waals surface area contributed by atoms with Crippen LogP contribution in [0.3, 0.4) is 0 Å². The third kappa shape index (κ3) is 6.50. The summed E-state index contributed by atoms with van der Waals surface area (Å²) in [5.41, 5.74) is 4.39. The van der Waals surface area contributed by atoms with Gasteiger partial charge < -0.3 is 15.4 Å². The molecule has 0 radical (unpaired) electrons. The molecule has 28 heavy (non-hydrogen) atoms. The van der Waals surface area contributed by atoms with Crippen molar-refractivity contribution in [1.29, 1.82) is 0 Å². The lowest BCUT2D eigenvalue weighted by Crippen LogP contribution is -2.32. The van der Waals surface area contributed by atoms with Gasteiger partial charge >= 0.3 is 6.61 Å². The van der Waals surface area contributed by atoms with E-state index in [2.05, 4.69) is 15.4 Å². The number of rotatable bonds is 7. The molecule has 0 saturated heterocycles. The van der Waals surface area contributed by atoms with Gasteiger partial charge in [0.05, 0.1) is 6.54 Å². The van der Waals surface area contributed by atoms with Crippen LogP contribution in [-0.2, 0) is 9.59 Å². The van der Waals surface area contributed by atoms with Gasteiger partial charge in [-0.2, -0.15) is 8.78 Å². The Labute approximate surface area is 162 Å². The van der Waals surface area contributed by atoms with Gasteiger partial charge in [-0.25, -0.2) is 0 Å². The quantitative estimate of drug-likeness (QED) is 0.705. The van der Waals surface area contributed by atoms with Gasteiger partial charge in [-0.05, 0) is 55.7 Å². The van der Waals surface area contributed by atoms with Gasteiger partial charge in [0.25, 0.3) is 0 Å². The minimum atomic E-state index is -2.88. The number of nitrogens with one attached hydrogen (secondary N) is 2. The molecule has 0 atom stereocenters. The number of hydrogen-bond acceptors (Lipinski definition) is 3. The molecule has 2 aromatic carbocycles.